The first-order valence-corrected chi connectivity index (χ1v) is 5.37. The number of thiazole rings is 1. The number of methoxy groups -OCH3 is 1. The Kier molecular flexibility index (Phi) is 2.91. The van der Waals surface area contributed by atoms with E-state index in [0.717, 1.165) is 0 Å². The Morgan fingerprint density at radius 2 is 2.19 bits per heavy atom. The van der Waals surface area contributed by atoms with Crippen LogP contribution < -0.4 is 4.74 Å². The summed E-state index contributed by atoms with van der Waals surface area (Å²) in [6.07, 6.45) is 1.55. The number of Topliss-reactive ketones (excluding diaryl/α,β-unsaturated/α-hetero) is 1. The molecule has 0 aliphatic carbocycles. The van der Waals surface area contributed by atoms with Gasteiger partial charge in [-0.15, -0.1) is 21.5 Å². The molecule has 0 aliphatic heterocycles. The molecule has 2 aromatic rings. The number of hydrogen-bond donors (Lipinski definition) is 0. The van der Waals surface area contributed by atoms with Gasteiger partial charge in [0.2, 0.25) is 5.88 Å². The third-order valence-corrected chi connectivity index (χ3v) is 3.04. The Balaban J connectivity index is 2.31. The average molecular weight is 235 g/mol. The molecule has 2 aromatic heterocycles. The van der Waals surface area contributed by atoms with E-state index in [1.165, 1.54) is 25.4 Å². The molecule has 0 saturated heterocycles. The fraction of sp³-hybridized carbons (Fsp3) is 0.200. The van der Waals surface area contributed by atoms with Crippen LogP contribution in [0.1, 0.15) is 16.6 Å². The first-order chi connectivity index (χ1) is 7.70. The number of nitrogens with zero attached hydrogens (tertiary/aromatic N) is 3. The van der Waals surface area contributed by atoms with Gasteiger partial charge in [-0.1, -0.05) is 0 Å². The molecule has 0 fully saturated rings. The summed E-state index contributed by atoms with van der Waals surface area (Å²) < 4.78 is 4.90. The van der Waals surface area contributed by atoms with Crippen molar-refractivity contribution >= 4 is 17.1 Å². The van der Waals surface area contributed by atoms with Crippen molar-refractivity contribution in [3.8, 4) is 16.6 Å². The Morgan fingerprint density at radius 1 is 1.38 bits per heavy atom. The molecular weight excluding hydrogens is 226 g/mol. The topological polar surface area (TPSA) is 65.0 Å². The van der Waals surface area contributed by atoms with Crippen LogP contribution in [-0.2, 0) is 0 Å². The highest BCUT2D eigenvalue weighted by molar-refractivity contribution is 7.16. The van der Waals surface area contributed by atoms with E-state index in [1.807, 2.05) is 0 Å². The molecule has 0 aromatic carbocycles. The highest BCUT2D eigenvalue weighted by atomic mass is 32.1. The fourth-order valence-electron chi connectivity index (χ4n) is 1.10. The largest absolute Gasteiger partial charge is 0.480 e. The summed E-state index contributed by atoms with van der Waals surface area (Å²) in [6, 6.07) is 3.46. The van der Waals surface area contributed by atoms with E-state index in [-0.39, 0.29) is 5.78 Å². The maximum atomic E-state index is 11.1. The van der Waals surface area contributed by atoms with Gasteiger partial charge in [-0.05, 0) is 6.07 Å². The second-order valence-electron chi connectivity index (χ2n) is 3.05. The van der Waals surface area contributed by atoms with Crippen molar-refractivity contribution in [2.75, 3.05) is 7.11 Å². The predicted octanol–water partition coefficient (Wildman–Crippen LogP) is 1.81. The second kappa shape index (κ2) is 4.36. The molecule has 0 saturated carbocycles. The molecule has 82 valence electrons. The number of hydrogen-bond acceptors (Lipinski definition) is 6. The first-order valence-electron chi connectivity index (χ1n) is 4.55. The van der Waals surface area contributed by atoms with Gasteiger partial charge in [0.1, 0.15) is 10.7 Å². The lowest BCUT2D eigenvalue weighted by Crippen LogP contribution is -1.91. The summed E-state index contributed by atoms with van der Waals surface area (Å²) in [5.74, 6) is 0.456. The van der Waals surface area contributed by atoms with Crippen LogP contribution in [0.2, 0.25) is 0 Å². The standard InChI is InChI=1S/C10H9N3O2S/c1-6(14)8-5-11-10(16-8)7-3-4-9(15-2)13-12-7/h3-5H,1-2H3. The summed E-state index contributed by atoms with van der Waals surface area (Å²) in [5.41, 5.74) is 0.637. The fourth-order valence-corrected chi connectivity index (χ4v) is 1.87. The van der Waals surface area contributed by atoms with Crippen molar-refractivity contribution in [1.29, 1.82) is 0 Å². The van der Waals surface area contributed by atoms with Crippen LogP contribution in [0.15, 0.2) is 18.3 Å². The monoisotopic (exact) mass is 235 g/mol. The molecule has 6 heteroatoms. The van der Waals surface area contributed by atoms with Crippen LogP contribution >= 0.6 is 11.3 Å². The molecule has 2 heterocycles. The normalized spacial score (nSPS) is 10.1. The van der Waals surface area contributed by atoms with Gasteiger partial charge in [0.15, 0.2) is 5.78 Å². The van der Waals surface area contributed by atoms with Crippen molar-refractivity contribution in [1.82, 2.24) is 15.2 Å². The van der Waals surface area contributed by atoms with Crippen molar-refractivity contribution in [3.63, 3.8) is 0 Å². The molecular formula is C10H9N3O2S. The number of carbonyl (C=O) groups excluding carboxylic acids is 1. The van der Waals surface area contributed by atoms with E-state index in [9.17, 15) is 4.79 Å². The van der Waals surface area contributed by atoms with Gasteiger partial charge >= 0.3 is 0 Å². The second-order valence-corrected chi connectivity index (χ2v) is 4.08. The maximum Gasteiger partial charge on any atom is 0.233 e. The van der Waals surface area contributed by atoms with E-state index in [4.69, 9.17) is 4.74 Å². The van der Waals surface area contributed by atoms with Gasteiger partial charge in [-0.3, -0.25) is 4.79 Å². The lowest BCUT2D eigenvalue weighted by Gasteiger charge is -1.97. The lowest BCUT2D eigenvalue weighted by molar-refractivity contribution is 0.102. The van der Waals surface area contributed by atoms with E-state index in [0.29, 0.717) is 21.5 Å². The molecule has 0 spiro atoms. The van der Waals surface area contributed by atoms with E-state index in [2.05, 4.69) is 15.2 Å². The van der Waals surface area contributed by atoms with Crippen LogP contribution in [0.3, 0.4) is 0 Å². The van der Waals surface area contributed by atoms with Crippen LogP contribution in [0, 0.1) is 0 Å². The number of ketones is 1. The molecule has 0 aliphatic rings. The highest BCUT2D eigenvalue weighted by Gasteiger charge is 2.09. The molecule has 0 N–H and O–H groups in total. The average Bonchev–Trinajstić information content (AvgIpc) is 2.78. The van der Waals surface area contributed by atoms with Gasteiger partial charge in [0.05, 0.1) is 12.0 Å². The Hall–Kier alpha value is -1.82. The van der Waals surface area contributed by atoms with Gasteiger partial charge in [0.25, 0.3) is 0 Å². The number of ether oxygens (including phenoxy) is 1. The Morgan fingerprint density at radius 3 is 2.69 bits per heavy atom. The molecule has 2 rings (SSSR count). The minimum atomic E-state index is 0.00483. The highest BCUT2D eigenvalue weighted by Crippen LogP contribution is 2.23. The molecule has 16 heavy (non-hydrogen) atoms. The van der Waals surface area contributed by atoms with Crippen LogP contribution in [0.5, 0.6) is 5.88 Å². The minimum absolute atomic E-state index is 0.00483. The zero-order valence-corrected chi connectivity index (χ0v) is 9.61. The van der Waals surface area contributed by atoms with Gasteiger partial charge in [-0.2, -0.15) is 0 Å². The third-order valence-electron chi connectivity index (χ3n) is 1.92. The molecule has 5 nitrogen and oxygen atoms in total. The summed E-state index contributed by atoms with van der Waals surface area (Å²) >= 11 is 1.30. The van der Waals surface area contributed by atoms with Crippen molar-refractivity contribution in [3.05, 3.63) is 23.2 Å². The number of rotatable bonds is 3. The van der Waals surface area contributed by atoms with Crippen LogP contribution in [0.4, 0.5) is 0 Å². The zero-order valence-electron chi connectivity index (χ0n) is 8.80. The summed E-state index contributed by atoms with van der Waals surface area (Å²) in [6.45, 7) is 1.51. The molecule has 0 amide bonds. The van der Waals surface area contributed by atoms with Crippen molar-refractivity contribution in [2.45, 2.75) is 6.92 Å². The molecule has 0 bridgehead atoms. The number of carbonyl (C=O) groups is 1. The van der Waals surface area contributed by atoms with Gasteiger partial charge in [-0.25, -0.2) is 4.98 Å². The smallest absolute Gasteiger partial charge is 0.233 e. The maximum absolute atomic E-state index is 11.1. The lowest BCUT2D eigenvalue weighted by atomic mass is 10.4. The van der Waals surface area contributed by atoms with E-state index >= 15 is 0 Å². The molecule has 0 radical (unpaired) electrons. The van der Waals surface area contributed by atoms with E-state index < -0.39 is 0 Å². The Bertz CT molecular complexity index is 507. The Labute approximate surface area is 96.1 Å². The van der Waals surface area contributed by atoms with Crippen LogP contribution in [0.25, 0.3) is 10.7 Å². The third kappa shape index (κ3) is 2.06. The summed E-state index contributed by atoms with van der Waals surface area (Å²) in [5, 5.41) is 8.47. The SMILES string of the molecule is COc1ccc(-c2ncc(C(C)=O)s2)nn1. The van der Waals surface area contributed by atoms with Crippen LogP contribution in [-0.4, -0.2) is 28.1 Å². The quantitative estimate of drug-likeness (QED) is 0.759. The number of aromatic nitrogens is 3. The van der Waals surface area contributed by atoms with Gasteiger partial charge < -0.3 is 4.74 Å². The van der Waals surface area contributed by atoms with Gasteiger partial charge in [0, 0.05) is 19.2 Å². The predicted molar refractivity (Wildman–Crippen MR) is 59.7 cm³/mol. The van der Waals surface area contributed by atoms with Crippen molar-refractivity contribution in [2.24, 2.45) is 0 Å². The first kappa shape index (κ1) is 10.7. The van der Waals surface area contributed by atoms with E-state index in [1.54, 1.807) is 18.3 Å². The summed E-state index contributed by atoms with van der Waals surface area (Å²) in [4.78, 5) is 15.8. The minimum Gasteiger partial charge on any atom is -0.480 e. The van der Waals surface area contributed by atoms with Crippen molar-refractivity contribution < 1.29 is 9.53 Å². The molecule has 0 unspecified atom stereocenters. The summed E-state index contributed by atoms with van der Waals surface area (Å²) in [7, 11) is 1.53. The zero-order chi connectivity index (χ0) is 11.5. The molecule has 0 atom stereocenters.